The van der Waals surface area contributed by atoms with E-state index in [4.69, 9.17) is 0 Å². The highest BCUT2D eigenvalue weighted by Gasteiger charge is 2.20. The highest BCUT2D eigenvalue weighted by Crippen LogP contribution is 2.28. The number of Topliss-reactive ketones (excluding diaryl/α,β-unsaturated/α-hetero) is 1. The first-order chi connectivity index (χ1) is 8.25. The molecule has 0 aromatic carbocycles. The predicted octanol–water partition coefficient (Wildman–Crippen LogP) is 3.03. The van der Waals surface area contributed by atoms with Gasteiger partial charge in [-0.1, -0.05) is 0 Å². The van der Waals surface area contributed by atoms with Crippen molar-refractivity contribution >= 4 is 17.1 Å². The van der Waals surface area contributed by atoms with E-state index in [9.17, 15) is 4.79 Å². The van der Waals surface area contributed by atoms with E-state index in [0.29, 0.717) is 12.0 Å². The minimum Gasteiger partial charge on any atom is -0.294 e. The van der Waals surface area contributed by atoms with Crippen LogP contribution in [0, 0.1) is 6.92 Å². The van der Waals surface area contributed by atoms with Crippen LogP contribution >= 0.6 is 11.3 Å². The molecule has 0 spiro atoms. The van der Waals surface area contributed by atoms with Crippen LogP contribution in [0.1, 0.15) is 34.5 Å². The number of ketones is 1. The molecule has 4 heteroatoms. The molecule has 86 valence electrons. The number of aryl methyl sites for hydroxylation is 2. The number of fused-ring (bicyclic) bond motifs is 1. The molecule has 17 heavy (non-hydrogen) atoms. The van der Waals surface area contributed by atoms with Crippen LogP contribution < -0.4 is 0 Å². The van der Waals surface area contributed by atoms with Gasteiger partial charge < -0.3 is 0 Å². The van der Waals surface area contributed by atoms with Gasteiger partial charge in [-0.3, -0.25) is 4.79 Å². The van der Waals surface area contributed by atoms with E-state index in [1.54, 1.807) is 17.5 Å². The van der Waals surface area contributed by atoms with Crippen LogP contribution in [0.2, 0.25) is 0 Å². The van der Waals surface area contributed by atoms with Crippen LogP contribution in [0.25, 0.3) is 10.7 Å². The van der Waals surface area contributed by atoms with Gasteiger partial charge in [0.15, 0.2) is 11.6 Å². The maximum absolute atomic E-state index is 11.7. The smallest absolute Gasteiger partial charge is 0.169 e. The number of thiophene rings is 1. The van der Waals surface area contributed by atoms with Gasteiger partial charge in [-0.2, -0.15) is 0 Å². The van der Waals surface area contributed by atoms with Gasteiger partial charge in [0.05, 0.1) is 16.1 Å². The third kappa shape index (κ3) is 1.78. The van der Waals surface area contributed by atoms with E-state index in [0.717, 1.165) is 29.2 Å². The summed E-state index contributed by atoms with van der Waals surface area (Å²) in [5, 5.41) is 2.04. The molecule has 3 rings (SSSR count). The van der Waals surface area contributed by atoms with Crippen molar-refractivity contribution in [1.82, 2.24) is 9.97 Å². The summed E-state index contributed by atoms with van der Waals surface area (Å²) in [6.45, 7) is 2.06. The van der Waals surface area contributed by atoms with Crippen molar-refractivity contribution in [3.05, 3.63) is 34.5 Å². The fourth-order valence-electron chi connectivity index (χ4n) is 2.10. The SMILES string of the molecule is Cc1ccsc1-c1ncc2c(n1)CCCC2=O. The summed E-state index contributed by atoms with van der Waals surface area (Å²) in [7, 11) is 0. The predicted molar refractivity (Wildman–Crippen MR) is 67.4 cm³/mol. The normalized spacial score (nSPS) is 14.8. The largest absolute Gasteiger partial charge is 0.294 e. The average Bonchev–Trinajstić information content (AvgIpc) is 2.75. The molecule has 1 aliphatic carbocycles. The van der Waals surface area contributed by atoms with Crippen molar-refractivity contribution in [3.8, 4) is 10.7 Å². The van der Waals surface area contributed by atoms with Crippen molar-refractivity contribution in [2.45, 2.75) is 26.2 Å². The van der Waals surface area contributed by atoms with Gasteiger partial charge in [-0.15, -0.1) is 11.3 Å². The van der Waals surface area contributed by atoms with Crippen molar-refractivity contribution in [2.75, 3.05) is 0 Å². The Bertz CT molecular complexity index is 589. The summed E-state index contributed by atoms with van der Waals surface area (Å²) in [5.41, 5.74) is 2.82. The third-order valence-corrected chi connectivity index (χ3v) is 4.06. The third-order valence-electron chi connectivity index (χ3n) is 3.05. The summed E-state index contributed by atoms with van der Waals surface area (Å²) in [6.07, 6.45) is 4.12. The highest BCUT2D eigenvalue weighted by molar-refractivity contribution is 7.13. The summed E-state index contributed by atoms with van der Waals surface area (Å²) in [5.74, 6) is 0.937. The monoisotopic (exact) mass is 244 g/mol. The fraction of sp³-hybridized carbons (Fsp3) is 0.308. The van der Waals surface area contributed by atoms with Crippen LogP contribution in [0.4, 0.5) is 0 Å². The zero-order valence-electron chi connectivity index (χ0n) is 9.56. The maximum Gasteiger partial charge on any atom is 0.169 e. The molecule has 0 bridgehead atoms. The zero-order valence-corrected chi connectivity index (χ0v) is 10.4. The van der Waals surface area contributed by atoms with Crippen LogP contribution in [-0.4, -0.2) is 15.8 Å². The number of aromatic nitrogens is 2. The van der Waals surface area contributed by atoms with Crippen molar-refractivity contribution in [3.63, 3.8) is 0 Å². The topological polar surface area (TPSA) is 42.9 Å². The van der Waals surface area contributed by atoms with Gasteiger partial charge in [0.25, 0.3) is 0 Å². The second kappa shape index (κ2) is 4.04. The Kier molecular flexibility index (Phi) is 2.52. The summed E-state index contributed by atoms with van der Waals surface area (Å²) in [6, 6.07) is 2.06. The van der Waals surface area contributed by atoms with E-state index >= 15 is 0 Å². The molecule has 0 atom stereocenters. The maximum atomic E-state index is 11.7. The lowest BCUT2D eigenvalue weighted by atomic mass is 9.96. The molecular formula is C13H12N2OS. The van der Waals surface area contributed by atoms with Gasteiger partial charge >= 0.3 is 0 Å². The van der Waals surface area contributed by atoms with Crippen LogP contribution in [0.15, 0.2) is 17.6 Å². The standard InChI is InChI=1S/C13H12N2OS/c1-8-5-6-17-12(8)13-14-7-9-10(15-13)3-2-4-11(9)16/h5-7H,2-4H2,1H3. The quantitative estimate of drug-likeness (QED) is 0.774. The van der Waals surface area contributed by atoms with Gasteiger partial charge in [0, 0.05) is 12.6 Å². The van der Waals surface area contributed by atoms with Gasteiger partial charge in [0.2, 0.25) is 0 Å². The number of carbonyl (C=O) groups is 1. The van der Waals surface area contributed by atoms with E-state index in [2.05, 4.69) is 23.0 Å². The van der Waals surface area contributed by atoms with E-state index in [1.165, 1.54) is 5.56 Å². The second-order valence-electron chi connectivity index (χ2n) is 4.26. The molecule has 0 fully saturated rings. The zero-order chi connectivity index (χ0) is 11.8. The second-order valence-corrected chi connectivity index (χ2v) is 5.18. The Morgan fingerprint density at radius 3 is 3.00 bits per heavy atom. The molecule has 0 saturated carbocycles. The van der Waals surface area contributed by atoms with Gasteiger partial charge in [-0.25, -0.2) is 9.97 Å². The number of nitrogens with zero attached hydrogens (tertiary/aromatic N) is 2. The van der Waals surface area contributed by atoms with E-state index in [1.807, 2.05) is 5.38 Å². The van der Waals surface area contributed by atoms with E-state index in [-0.39, 0.29) is 5.78 Å². The number of hydrogen-bond donors (Lipinski definition) is 0. The summed E-state index contributed by atoms with van der Waals surface area (Å²) < 4.78 is 0. The first-order valence-corrected chi connectivity index (χ1v) is 6.57. The van der Waals surface area contributed by atoms with Crippen molar-refractivity contribution in [2.24, 2.45) is 0 Å². The van der Waals surface area contributed by atoms with Crippen LogP contribution in [-0.2, 0) is 6.42 Å². The summed E-state index contributed by atoms with van der Waals surface area (Å²) >= 11 is 1.64. The molecule has 2 heterocycles. The minimum absolute atomic E-state index is 0.181. The molecule has 2 aromatic rings. The Hall–Kier alpha value is -1.55. The molecule has 0 amide bonds. The number of rotatable bonds is 1. The van der Waals surface area contributed by atoms with Gasteiger partial charge in [0.1, 0.15) is 0 Å². The molecule has 0 radical (unpaired) electrons. The number of hydrogen-bond acceptors (Lipinski definition) is 4. The lowest BCUT2D eigenvalue weighted by Crippen LogP contribution is -2.13. The molecular weight excluding hydrogens is 232 g/mol. The molecule has 0 unspecified atom stereocenters. The van der Waals surface area contributed by atoms with Crippen molar-refractivity contribution < 1.29 is 4.79 Å². The van der Waals surface area contributed by atoms with Crippen LogP contribution in [0.5, 0.6) is 0 Å². The molecule has 3 nitrogen and oxygen atoms in total. The molecule has 1 aliphatic rings. The molecule has 0 N–H and O–H groups in total. The Labute approximate surface area is 104 Å². The minimum atomic E-state index is 0.181. The fourth-order valence-corrected chi connectivity index (χ4v) is 2.97. The Morgan fingerprint density at radius 2 is 2.24 bits per heavy atom. The number of carbonyl (C=O) groups excluding carboxylic acids is 1. The lowest BCUT2D eigenvalue weighted by molar-refractivity contribution is 0.0971. The Morgan fingerprint density at radius 1 is 1.35 bits per heavy atom. The lowest BCUT2D eigenvalue weighted by Gasteiger charge is -2.13. The van der Waals surface area contributed by atoms with Crippen LogP contribution in [0.3, 0.4) is 0 Å². The Balaban J connectivity index is 2.10. The van der Waals surface area contributed by atoms with E-state index < -0.39 is 0 Å². The highest BCUT2D eigenvalue weighted by atomic mass is 32.1. The average molecular weight is 244 g/mol. The molecule has 0 saturated heterocycles. The molecule has 2 aromatic heterocycles. The van der Waals surface area contributed by atoms with Crippen molar-refractivity contribution in [1.29, 1.82) is 0 Å². The molecule has 0 aliphatic heterocycles. The van der Waals surface area contributed by atoms with Gasteiger partial charge in [-0.05, 0) is 36.8 Å². The first-order valence-electron chi connectivity index (χ1n) is 5.69. The first kappa shape index (κ1) is 10.6. The summed E-state index contributed by atoms with van der Waals surface area (Å²) in [4.78, 5) is 21.6.